The number of rotatable bonds is 5. The van der Waals surface area contributed by atoms with Gasteiger partial charge in [-0.25, -0.2) is 0 Å². The van der Waals surface area contributed by atoms with Gasteiger partial charge in [-0.2, -0.15) is 0 Å². The Balaban J connectivity index is 2.15. The molecule has 0 aliphatic heterocycles. The van der Waals surface area contributed by atoms with Crippen LogP contribution in [0.4, 0.5) is 0 Å². The van der Waals surface area contributed by atoms with E-state index in [0.717, 1.165) is 5.56 Å². The standard InChI is InChI=1S/C23H34O6/c1-22(2,3)28-20(25)16-12-18(24)19(27-14-15-10-8-7-9-11-15)13-17(16)21(26)29-23(4,5)6/h7-11,16-19,24H,12-14H2,1-6H3/t16-,17-,18+,19+/m0/s1. The lowest BCUT2D eigenvalue weighted by molar-refractivity contribution is -0.184. The number of aliphatic hydroxyl groups excluding tert-OH is 1. The molecule has 0 radical (unpaired) electrons. The summed E-state index contributed by atoms with van der Waals surface area (Å²) in [5.74, 6) is -2.45. The van der Waals surface area contributed by atoms with Crippen molar-refractivity contribution in [2.45, 2.75) is 84.4 Å². The van der Waals surface area contributed by atoms with Crippen molar-refractivity contribution in [2.75, 3.05) is 0 Å². The fraction of sp³-hybridized carbons (Fsp3) is 0.652. The molecule has 1 aromatic carbocycles. The monoisotopic (exact) mass is 406 g/mol. The van der Waals surface area contributed by atoms with Crippen LogP contribution in [0.5, 0.6) is 0 Å². The van der Waals surface area contributed by atoms with Crippen molar-refractivity contribution in [2.24, 2.45) is 11.8 Å². The predicted molar refractivity (Wildman–Crippen MR) is 109 cm³/mol. The van der Waals surface area contributed by atoms with Crippen LogP contribution in [0.15, 0.2) is 30.3 Å². The van der Waals surface area contributed by atoms with Crippen LogP contribution in [-0.2, 0) is 30.4 Å². The van der Waals surface area contributed by atoms with Gasteiger partial charge in [-0.3, -0.25) is 9.59 Å². The van der Waals surface area contributed by atoms with Crippen molar-refractivity contribution >= 4 is 11.9 Å². The second kappa shape index (κ2) is 9.26. The van der Waals surface area contributed by atoms with Gasteiger partial charge < -0.3 is 19.3 Å². The van der Waals surface area contributed by atoms with Gasteiger partial charge in [0, 0.05) is 0 Å². The van der Waals surface area contributed by atoms with Gasteiger partial charge in [0.25, 0.3) is 0 Å². The van der Waals surface area contributed by atoms with Crippen molar-refractivity contribution in [1.29, 1.82) is 0 Å². The lowest BCUT2D eigenvalue weighted by atomic mass is 9.76. The van der Waals surface area contributed by atoms with Gasteiger partial charge in [0.15, 0.2) is 0 Å². The maximum atomic E-state index is 12.9. The lowest BCUT2D eigenvalue weighted by Gasteiger charge is -2.38. The first kappa shape index (κ1) is 23.4. The number of esters is 2. The Kier molecular flexibility index (Phi) is 7.46. The van der Waals surface area contributed by atoms with E-state index in [2.05, 4.69) is 0 Å². The Bertz CT molecular complexity index is 686. The number of carbonyl (C=O) groups is 2. The van der Waals surface area contributed by atoms with Crippen LogP contribution in [0.25, 0.3) is 0 Å². The third kappa shape index (κ3) is 7.44. The molecule has 29 heavy (non-hydrogen) atoms. The molecule has 6 nitrogen and oxygen atoms in total. The van der Waals surface area contributed by atoms with E-state index in [0.29, 0.717) is 6.61 Å². The van der Waals surface area contributed by atoms with E-state index in [1.807, 2.05) is 30.3 Å². The molecule has 2 rings (SSSR count). The first-order valence-electron chi connectivity index (χ1n) is 10.1. The highest BCUT2D eigenvalue weighted by atomic mass is 16.6. The number of aliphatic hydroxyl groups is 1. The van der Waals surface area contributed by atoms with Crippen LogP contribution in [0.2, 0.25) is 0 Å². The molecule has 0 heterocycles. The minimum atomic E-state index is -0.866. The summed E-state index contributed by atoms with van der Waals surface area (Å²) in [4.78, 5) is 25.6. The van der Waals surface area contributed by atoms with E-state index >= 15 is 0 Å². The van der Waals surface area contributed by atoms with E-state index in [9.17, 15) is 14.7 Å². The summed E-state index contributed by atoms with van der Waals surface area (Å²) in [5, 5.41) is 10.6. The van der Waals surface area contributed by atoms with Gasteiger partial charge in [0.1, 0.15) is 11.2 Å². The van der Waals surface area contributed by atoms with Gasteiger partial charge in [-0.15, -0.1) is 0 Å². The van der Waals surface area contributed by atoms with Crippen LogP contribution >= 0.6 is 0 Å². The third-order valence-corrected chi connectivity index (χ3v) is 4.62. The number of hydrogen-bond donors (Lipinski definition) is 1. The molecule has 0 saturated heterocycles. The van der Waals surface area contributed by atoms with E-state index in [1.54, 1.807) is 41.5 Å². The summed E-state index contributed by atoms with van der Waals surface area (Å²) in [6.07, 6.45) is -1.13. The fourth-order valence-electron chi connectivity index (χ4n) is 3.38. The average molecular weight is 407 g/mol. The molecule has 0 aromatic heterocycles. The summed E-state index contributed by atoms with van der Waals surface area (Å²) >= 11 is 0. The number of benzene rings is 1. The van der Waals surface area contributed by atoms with Gasteiger partial charge in [0.05, 0.1) is 30.7 Å². The zero-order chi connectivity index (χ0) is 21.8. The SMILES string of the molecule is CC(C)(C)OC(=O)[C@H]1C[C@@H](O)[C@H](OCc2ccccc2)C[C@@H]1C(=O)OC(C)(C)C. The van der Waals surface area contributed by atoms with Crippen molar-refractivity contribution in [3.63, 3.8) is 0 Å². The Morgan fingerprint density at radius 3 is 1.86 bits per heavy atom. The second-order valence-electron chi connectivity index (χ2n) is 9.65. The Labute approximate surface area is 173 Å². The highest BCUT2D eigenvalue weighted by Gasteiger charge is 2.46. The maximum Gasteiger partial charge on any atom is 0.310 e. The van der Waals surface area contributed by atoms with Gasteiger partial charge in [-0.1, -0.05) is 30.3 Å². The average Bonchev–Trinajstić information content (AvgIpc) is 2.58. The molecule has 162 valence electrons. The minimum absolute atomic E-state index is 0.0955. The molecule has 1 saturated carbocycles. The van der Waals surface area contributed by atoms with Gasteiger partial charge >= 0.3 is 11.9 Å². The largest absolute Gasteiger partial charge is 0.460 e. The second-order valence-corrected chi connectivity index (χ2v) is 9.65. The highest BCUT2D eigenvalue weighted by Crippen LogP contribution is 2.36. The van der Waals surface area contributed by atoms with Gasteiger partial charge in [0.2, 0.25) is 0 Å². The lowest BCUT2D eigenvalue weighted by Crippen LogP contribution is -2.48. The number of hydrogen-bond acceptors (Lipinski definition) is 6. The molecule has 0 spiro atoms. The Morgan fingerprint density at radius 1 is 0.897 bits per heavy atom. The molecule has 1 aliphatic rings. The number of carbonyl (C=O) groups excluding carboxylic acids is 2. The molecule has 0 bridgehead atoms. The van der Waals surface area contributed by atoms with Crippen LogP contribution in [0, 0.1) is 11.8 Å². The normalized spacial score (nSPS) is 25.3. The molecule has 1 fully saturated rings. The van der Waals surface area contributed by atoms with E-state index in [-0.39, 0.29) is 12.8 Å². The quantitative estimate of drug-likeness (QED) is 0.752. The highest BCUT2D eigenvalue weighted by molar-refractivity contribution is 5.83. The zero-order valence-electron chi connectivity index (χ0n) is 18.3. The van der Waals surface area contributed by atoms with Crippen molar-refractivity contribution in [3.8, 4) is 0 Å². The van der Waals surface area contributed by atoms with Crippen LogP contribution in [0.1, 0.15) is 59.9 Å². The number of ether oxygens (including phenoxy) is 3. The van der Waals surface area contributed by atoms with E-state index < -0.39 is 47.2 Å². The molecule has 1 N–H and O–H groups in total. The molecule has 0 amide bonds. The van der Waals surface area contributed by atoms with Crippen molar-refractivity contribution < 1.29 is 28.9 Å². The van der Waals surface area contributed by atoms with Crippen LogP contribution in [-0.4, -0.2) is 40.5 Å². The first-order valence-corrected chi connectivity index (χ1v) is 10.1. The topological polar surface area (TPSA) is 82.1 Å². The molecule has 4 atom stereocenters. The zero-order valence-corrected chi connectivity index (χ0v) is 18.3. The van der Waals surface area contributed by atoms with Gasteiger partial charge in [-0.05, 0) is 59.9 Å². The summed E-state index contributed by atoms with van der Waals surface area (Å²) < 4.78 is 17.0. The smallest absolute Gasteiger partial charge is 0.310 e. The molecule has 0 unspecified atom stereocenters. The van der Waals surface area contributed by atoms with Crippen molar-refractivity contribution in [1.82, 2.24) is 0 Å². The Hall–Kier alpha value is -1.92. The molecule has 1 aliphatic carbocycles. The van der Waals surface area contributed by atoms with E-state index in [1.165, 1.54) is 0 Å². The van der Waals surface area contributed by atoms with Crippen molar-refractivity contribution in [3.05, 3.63) is 35.9 Å². The molecular weight excluding hydrogens is 372 g/mol. The molecule has 1 aromatic rings. The summed E-state index contributed by atoms with van der Waals surface area (Å²) in [5.41, 5.74) is -0.379. The summed E-state index contributed by atoms with van der Waals surface area (Å²) in [7, 11) is 0. The fourth-order valence-corrected chi connectivity index (χ4v) is 3.38. The Morgan fingerprint density at radius 2 is 1.38 bits per heavy atom. The molecule has 6 heteroatoms. The first-order chi connectivity index (χ1) is 13.4. The summed E-state index contributed by atoms with van der Waals surface area (Å²) in [6.45, 7) is 11.0. The minimum Gasteiger partial charge on any atom is -0.460 e. The van der Waals surface area contributed by atoms with Crippen LogP contribution in [0.3, 0.4) is 0 Å². The van der Waals surface area contributed by atoms with E-state index in [4.69, 9.17) is 14.2 Å². The predicted octanol–water partition coefficient (Wildman–Crippen LogP) is 3.64. The van der Waals surface area contributed by atoms with Crippen LogP contribution < -0.4 is 0 Å². The molecular formula is C23H34O6. The third-order valence-electron chi connectivity index (χ3n) is 4.62. The summed E-state index contributed by atoms with van der Waals surface area (Å²) in [6, 6.07) is 9.62. The maximum absolute atomic E-state index is 12.9.